The molecule has 0 saturated heterocycles. The van der Waals surface area contributed by atoms with Crippen LogP contribution in [0.15, 0.2) is 36.4 Å². The number of benzene rings is 2. The molecule has 1 fully saturated rings. The van der Waals surface area contributed by atoms with Crippen LogP contribution in [0.1, 0.15) is 34.0 Å². The Hall–Kier alpha value is -2.70. The lowest BCUT2D eigenvalue weighted by Gasteiger charge is -2.10. The Morgan fingerprint density at radius 1 is 1.13 bits per heavy atom. The van der Waals surface area contributed by atoms with Gasteiger partial charge in [0, 0.05) is 23.4 Å². The number of halogens is 2. The molecule has 1 aromatic heterocycles. The Labute approximate surface area is 182 Å². The number of rotatable bonds is 6. The number of carboxylic acid groups (broad SMARTS) is 1. The summed E-state index contributed by atoms with van der Waals surface area (Å²) in [7, 11) is 2.90. The van der Waals surface area contributed by atoms with Gasteiger partial charge in [0.25, 0.3) is 0 Å². The standard InChI is InChI=1S/C22H19Cl2NO5/c1-29-12-4-6-18-15(8-12)19(13-9-14(13)22(28)30-2)20(21(26)27)25(18)10-11-3-5-16(23)17(24)7-11/h3-8,13-14H,9-10H2,1-2H3,(H,26,27)/t13-,14-/m1/s1. The highest BCUT2D eigenvalue weighted by molar-refractivity contribution is 6.42. The zero-order valence-corrected chi connectivity index (χ0v) is 17.8. The zero-order chi connectivity index (χ0) is 21.6. The van der Waals surface area contributed by atoms with Crippen molar-refractivity contribution in [3.8, 4) is 5.75 Å². The van der Waals surface area contributed by atoms with E-state index in [0.717, 1.165) is 16.5 Å². The van der Waals surface area contributed by atoms with Crippen LogP contribution in [0.3, 0.4) is 0 Å². The van der Waals surface area contributed by atoms with Crippen molar-refractivity contribution >= 4 is 46.0 Å². The number of aromatic carboxylic acids is 1. The van der Waals surface area contributed by atoms with Gasteiger partial charge < -0.3 is 19.1 Å². The minimum absolute atomic E-state index is 0.153. The van der Waals surface area contributed by atoms with Gasteiger partial charge in [-0.05, 0) is 47.9 Å². The van der Waals surface area contributed by atoms with Crippen LogP contribution in [0.25, 0.3) is 10.9 Å². The number of ether oxygens (including phenoxy) is 2. The maximum Gasteiger partial charge on any atom is 0.352 e. The molecule has 0 unspecified atom stereocenters. The Kier molecular flexibility index (Phi) is 5.38. The van der Waals surface area contributed by atoms with Crippen LogP contribution in [-0.4, -0.2) is 35.8 Å². The second kappa shape index (κ2) is 7.85. The van der Waals surface area contributed by atoms with E-state index in [4.69, 9.17) is 32.7 Å². The predicted molar refractivity (Wildman–Crippen MR) is 114 cm³/mol. The van der Waals surface area contributed by atoms with E-state index < -0.39 is 5.97 Å². The van der Waals surface area contributed by atoms with Crippen LogP contribution in [0.4, 0.5) is 0 Å². The minimum Gasteiger partial charge on any atom is -0.497 e. The van der Waals surface area contributed by atoms with E-state index in [9.17, 15) is 14.7 Å². The van der Waals surface area contributed by atoms with Crippen LogP contribution < -0.4 is 4.74 Å². The average Bonchev–Trinajstić information content (AvgIpc) is 3.46. The number of hydrogen-bond donors (Lipinski definition) is 1. The highest BCUT2D eigenvalue weighted by atomic mass is 35.5. The highest BCUT2D eigenvalue weighted by Gasteiger charge is 2.48. The molecule has 0 spiro atoms. The van der Waals surface area contributed by atoms with Gasteiger partial charge in [-0.1, -0.05) is 29.3 Å². The third-order valence-electron chi connectivity index (χ3n) is 5.50. The second-order valence-corrected chi connectivity index (χ2v) is 8.07. The molecule has 0 bridgehead atoms. The summed E-state index contributed by atoms with van der Waals surface area (Å²) in [5.74, 6) is -1.33. The lowest BCUT2D eigenvalue weighted by Crippen LogP contribution is -2.12. The van der Waals surface area contributed by atoms with E-state index in [0.29, 0.717) is 27.8 Å². The minimum atomic E-state index is -1.06. The number of carboxylic acids is 1. The maximum atomic E-state index is 12.3. The van der Waals surface area contributed by atoms with Gasteiger partial charge in [0.2, 0.25) is 0 Å². The van der Waals surface area contributed by atoms with Crippen molar-refractivity contribution < 1.29 is 24.2 Å². The molecule has 156 valence electrons. The molecule has 1 heterocycles. The van der Waals surface area contributed by atoms with Gasteiger partial charge in [-0.25, -0.2) is 4.79 Å². The van der Waals surface area contributed by atoms with Gasteiger partial charge in [0.15, 0.2) is 0 Å². The number of fused-ring (bicyclic) bond motifs is 1. The summed E-state index contributed by atoms with van der Waals surface area (Å²) < 4.78 is 11.9. The van der Waals surface area contributed by atoms with Crippen molar-refractivity contribution in [1.29, 1.82) is 0 Å². The van der Waals surface area contributed by atoms with Gasteiger partial charge in [-0.3, -0.25) is 4.79 Å². The molecule has 1 aliphatic carbocycles. The van der Waals surface area contributed by atoms with Gasteiger partial charge in [-0.2, -0.15) is 0 Å². The first-order valence-corrected chi connectivity index (χ1v) is 10.1. The maximum absolute atomic E-state index is 12.3. The molecular weight excluding hydrogens is 429 g/mol. The van der Waals surface area contributed by atoms with Crippen molar-refractivity contribution in [2.45, 2.75) is 18.9 Å². The molecule has 1 aliphatic rings. The Morgan fingerprint density at radius 2 is 1.90 bits per heavy atom. The van der Waals surface area contributed by atoms with Crippen LogP contribution >= 0.6 is 23.2 Å². The van der Waals surface area contributed by atoms with Gasteiger partial charge >= 0.3 is 11.9 Å². The largest absolute Gasteiger partial charge is 0.497 e. The molecule has 1 saturated carbocycles. The normalized spacial score (nSPS) is 17.7. The number of carbonyl (C=O) groups is 2. The number of carbonyl (C=O) groups excluding carboxylic acids is 1. The van der Waals surface area contributed by atoms with Crippen LogP contribution in [0.2, 0.25) is 10.0 Å². The molecule has 3 aromatic rings. The average molecular weight is 448 g/mol. The monoisotopic (exact) mass is 447 g/mol. The van der Waals surface area contributed by atoms with E-state index in [1.165, 1.54) is 7.11 Å². The summed E-state index contributed by atoms with van der Waals surface area (Å²) in [5, 5.41) is 11.7. The van der Waals surface area contributed by atoms with Crippen molar-refractivity contribution in [3.05, 3.63) is 63.3 Å². The first-order chi connectivity index (χ1) is 14.3. The molecule has 0 amide bonds. The molecule has 1 N–H and O–H groups in total. The van der Waals surface area contributed by atoms with Crippen molar-refractivity contribution in [3.63, 3.8) is 0 Å². The van der Waals surface area contributed by atoms with Crippen molar-refractivity contribution in [2.75, 3.05) is 14.2 Å². The summed E-state index contributed by atoms with van der Waals surface area (Å²) in [6.45, 7) is 0.289. The summed E-state index contributed by atoms with van der Waals surface area (Å²) in [6, 6.07) is 10.6. The zero-order valence-electron chi connectivity index (χ0n) is 16.3. The van der Waals surface area contributed by atoms with Crippen LogP contribution in [0, 0.1) is 5.92 Å². The fourth-order valence-corrected chi connectivity index (χ4v) is 4.32. The van der Waals surface area contributed by atoms with Crippen LogP contribution in [0.5, 0.6) is 5.75 Å². The van der Waals surface area contributed by atoms with E-state index in [2.05, 4.69) is 0 Å². The molecule has 6 nitrogen and oxygen atoms in total. The van der Waals surface area contributed by atoms with Crippen molar-refractivity contribution in [2.24, 2.45) is 5.92 Å². The predicted octanol–water partition coefficient (Wildman–Crippen LogP) is 4.98. The lowest BCUT2D eigenvalue weighted by molar-refractivity contribution is -0.142. The highest BCUT2D eigenvalue weighted by Crippen LogP contribution is 2.52. The number of esters is 1. The fraction of sp³-hybridized carbons (Fsp3) is 0.273. The van der Waals surface area contributed by atoms with E-state index >= 15 is 0 Å². The first kappa shape index (κ1) is 20.6. The molecule has 30 heavy (non-hydrogen) atoms. The smallest absolute Gasteiger partial charge is 0.352 e. The van der Waals surface area contributed by atoms with Gasteiger partial charge in [0.1, 0.15) is 11.4 Å². The third-order valence-corrected chi connectivity index (χ3v) is 6.24. The molecule has 0 radical (unpaired) electrons. The van der Waals surface area contributed by atoms with E-state index in [-0.39, 0.29) is 30.0 Å². The number of methoxy groups -OCH3 is 2. The van der Waals surface area contributed by atoms with Gasteiger partial charge in [-0.15, -0.1) is 0 Å². The van der Waals surface area contributed by atoms with Gasteiger partial charge in [0.05, 0.1) is 30.2 Å². The third kappa shape index (κ3) is 3.50. The molecule has 4 rings (SSSR count). The molecule has 2 aromatic carbocycles. The summed E-state index contributed by atoms with van der Waals surface area (Å²) in [5.41, 5.74) is 2.34. The topological polar surface area (TPSA) is 77.8 Å². The quantitative estimate of drug-likeness (QED) is 0.539. The number of aromatic nitrogens is 1. The van der Waals surface area contributed by atoms with Crippen molar-refractivity contribution in [1.82, 2.24) is 4.57 Å². The van der Waals surface area contributed by atoms with Crippen LogP contribution in [-0.2, 0) is 16.1 Å². The Morgan fingerprint density at radius 3 is 2.53 bits per heavy atom. The summed E-state index contributed by atoms with van der Waals surface area (Å²) >= 11 is 12.2. The fourth-order valence-electron chi connectivity index (χ4n) is 4.00. The molecule has 8 heteroatoms. The molecule has 0 aliphatic heterocycles. The first-order valence-electron chi connectivity index (χ1n) is 9.30. The second-order valence-electron chi connectivity index (χ2n) is 7.26. The SMILES string of the molecule is COC(=O)[C@@H]1C[C@H]1c1c(C(=O)O)n(Cc2ccc(Cl)c(Cl)c2)c2ccc(OC)cc12. The Balaban J connectivity index is 1.91. The Bertz CT molecular complexity index is 1170. The number of hydrogen-bond acceptors (Lipinski definition) is 4. The lowest BCUT2D eigenvalue weighted by atomic mass is 10.0. The molecular formula is C22H19Cl2NO5. The number of nitrogens with zero attached hydrogens (tertiary/aromatic N) is 1. The molecule has 2 atom stereocenters. The summed E-state index contributed by atoms with van der Waals surface area (Å²) in [4.78, 5) is 24.4. The van der Waals surface area contributed by atoms with E-state index in [1.54, 1.807) is 29.9 Å². The van der Waals surface area contributed by atoms with E-state index in [1.807, 2.05) is 18.2 Å². The summed E-state index contributed by atoms with van der Waals surface area (Å²) in [6.07, 6.45) is 0.552.